The maximum Gasteiger partial charge on any atom is 0.161 e. The molecule has 0 radical (unpaired) electrons. The summed E-state index contributed by atoms with van der Waals surface area (Å²) in [7, 11) is 1.67. The van der Waals surface area contributed by atoms with Crippen LogP contribution in [0.15, 0.2) is 18.2 Å². The van der Waals surface area contributed by atoms with Crippen LogP contribution >= 0.6 is 0 Å². The van der Waals surface area contributed by atoms with Crippen molar-refractivity contribution in [1.82, 2.24) is 0 Å². The monoisotopic (exact) mass is 265 g/mol. The lowest BCUT2D eigenvalue weighted by atomic mass is 10.0. The highest BCUT2D eigenvalue weighted by Crippen LogP contribution is 2.28. The molecule has 19 heavy (non-hydrogen) atoms. The molecular formula is C16H27NO2. The number of hydrogen-bond donors (Lipinski definition) is 1. The molecule has 0 aliphatic rings. The molecular weight excluding hydrogens is 238 g/mol. The van der Waals surface area contributed by atoms with E-state index in [0.29, 0.717) is 5.92 Å². The van der Waals surface area contributed by atoms with Crippen LogP contribution in [0.5, 0.6) is 11.5 Å². The van der Waals surface area contributed by atoms with Gasteiger partial charge in [0.1, 0.15) is 0 Å². The van der Waals surface area contributed by atoms with Crippen molar-refractivity contribution < 1.29 is 9.47 Å². The Balaban J connectivity index is 2.67. The second kappa shape index (κ2) is 8.05. The standard InChI is InChI=1S/C16H27NO2/c1-5-14(17)10-13-6-7-15(16(11-13)18-4)19-9-8-12(2)3/h6-7,11-12,14H,5,8-10,17H2,1-4H3. The first kappa shape index (κ1) is 15.8. The molecule has 0 bridgehead atoms. The van der Waals surface area contributed by atoms with Crippen molar-refractivity contribution in [1.29, 1.82) is 0 Å². The van der Waals surface area contributed by atoms with E-state index in [9.17, 15) is 0 Å². The SMILES string of the molecule is CCC(N)Cc1ccc(OCCC(C)C)c(OC)c1. The van der Waals surface area contributed by atoms with Crippen molar-refractivity contribution in [2.24, 2.45) is 11.7 Å². The molecule has 0 fully saturated rings. The number of hydrogen-bond acceptors (Lipinski definition) is 3. The molecule has 108 valence electrons. The first-order valence-electron chi connectivity index (χ1n) is 7.12. The molecule has 0 aliphatic carbocycles. The minimum Gasteiger partial charge on any atom is -0.493 e. The number of ether oxygens (including phenoxy) is 2. The smallest absolute Gasteiger partial charge is 0.161 e. The molecule has 0 amide bonds. The van der Waals surface area contributed by atoms with E-state index in [-0.39, 0.29) is 6.04 Å². The molecule has 0 aliphatic heterocycles. The molecule has 3 heteroatoms. The zero-order valence-electron chi connectivity index (χ0n) is 12.6. The zero-order chi connectivity index (χ0) is 14.3. The number of nitrogens with two attached hydrogens (primary N) is 1. The Kier molecular flexibility index (Phi) is 6.71. The van der Waals surface area contributed by atoms with E-state index in [0.717, 1.165) is 37.4 Å². The molecule has 3 nitrogen and oxygen atoms in total. The van der Waals surface area contributed by atoms with Gasteiger partial charge in [-0.05, 0) is 42.9 Å². The lowest BCUT2D eigenvalue weighted by Gasteiger charge is -2.14. The second-order valence-corrected chi connectivity index (χ2v) is 5.39. The van der Waals surface area contributed by atoms with Gasteiger partial charge in [0.15, 0.2) is 11.5 Å². The molecule has 1 aromatic rings. The van der Waals surface area contributed by atoms with E-state index in [1.807, 2.05) is 12.1 Å². The van der Waals surface area contributed by atoms with E-state index >= 15 is 0 Å². The molecule has 0 spiro atoms. The zero-order valence-corrected chi connectivity index (χ0v) is 12.6. The normalized spacial score (nSPS) is 12.5. The van der Waals surface area contributed by atoms with Crippen molar-refractivity contribution in [3.8, 4) is 11.5 Å². The highest BCUT2D eigenvalue weighted by Gasteiger charge is 2.08. The average molecular weight is 265 g/mol. The van der Waals surface area contributed by atoms with Crippen molar-refractivity contribution in [2.45, 2.75) is 46.1 Å². The van der Waals surface area contributed by atoms with E-state index in [1.165, 1.54) is 5.56 Å². The predicted molar refractivity (Wildman–Crippen MR) is 79.9 cm³/mol. The molecule has 0 heterocycles. The fraction of sp³-hybridized carbons (Fsp3) is 0.625. The van der Waals surface area contributed by atoms with Crippen LogP contribution in [0.4, 0.5) is 0 Å². The highest BCUT2D eigenvalue weighted by atomic mass is 16.5. The highest BCUT2D eigenvalue weighted by molar-refractivity contribution is 5.43. The predicted octanol–water partition coefficient (Wildman–Crippen LogP) is 3.40. The van der Waals surface area contributed by atoms with Crippen molar-refractivity contribution in [3.63, 3.8) is 0 Å². The lowest BCUT2D eigenvalue weighted by molar-refractivity contribution is 0.273. The number of benzene rings is 1. The van der Waals surface area contributed by atoms with Crippen LogP contribution in [0, 0.1) is 5.92 Å². The van der Waals surface area contributed by atoms with Crippen LogP contribution in [0.2, 0.25) is 0 Å². The quantitative estimate of drug-likeness (QED) is 0.783. The summed E-state index contributed by atoms with van der Waals surface area (Å²) in [6.45, 7) is 7.21. The van der Waals surface area contributed by atoms with Gasteiger partial charge >= 0.3 is 0 Å². The molecule has 2 N–H and O–H groups in total. The largest absolute Gasteiger partial charge is 0.493 e. The van der Waals surface area contributed by atoms with Gasteiger partial charge < -0.3 is 15.2 Å². The maximum atomic E-state index is 5.98. The Morgan fingerprint density at radius 3 is 2.53 bits per heavy atom. The fourth-order valence-electron chi connectivity index (χ4n) is 1.81. The molecule has 0 saturated heterocycles. The molecule has 0 saturated carbocycles. The Morgan fingerprint density at radius 1 is 1.21 bits per heavy atom. The number of rotatable bonds is 8. The van der Waals surface area contributed by atoms with Gasteiger partial charge in [-0.3, -0.25) is 0 Å². The summed E-state index contributed by atoms with van der Waals surface area (Å²) >= 11 is 0. The Morgan fingerprint density at radius 2 is 1.95 bits per heavy atom. The number of methoxy groups -OCH3 is 1. The van der Waals surface area contributed by atoms with Gasteiger partial charge in [0, 0.05) is 6.04 Å². The van der Waals surface area contributed by atoms with Crippen molar-refractivity contribution >= 4 is 0 Å². The summed E-state index contributed by atoms with van der Waals surface area (Å²) in [4.78, 5) is 0. The minimum atomic E-state index is 0.206. The van der Waals surface area contributed by atoms with Crippen LogP contribution in [-0.2, 0) is 6.42 Å². The summed E-state index contributed by atoms with van der Waals surface area (Å²) < 4.78 is 11.2. The Hall–Kier alpha value is -1.22. The van der Waals surface area contributed by atoms with E-state index < -0.39 is 0 Å². The van der Waals surface area contributed by atoms with Gasteiger partial charge in [0.25, 0.3) is 0 Å². The van der Waals surface area contributed by atoms with Crippen molar-refractivity contribution in [2.75, 3.05) is 13.7 Å². The van der Waals surface area contributed by atoms with Gasteiger partial charge in [0.2, 0.25) is 0 Å². The third kappa shape index (κ3) is 5.52. The average Bonchev–Trinajstić information content (AvgIpc) is 2.39. The van der Waals surface area contributed by atoms with E-state index in [1.54, 1.807) is 7.11 Å². The molecule has 1 atom stereocenters. The molecule has 1 aromatic carbocycles. The summed E-state index contributed by atoms with van der Waals surface area (Å²) in [5.41, 5.74) is 7.17. The van der Waals surface area contributed by atoms with Gasteiger partial charge in [-0.2, -0.15) is 0 Å². The third-order valence-corrected chi connectivity index (χ3v) is 3.20. The summed E-state index contributed by atoms with van der Waals surface area (Å²) in [5, 5.41) is 0. The Labute approximate surface area is 117 Å². The maximum absolute atomic E-state index is 5.98. The van der Waals surface area contributed by atoms with Crippen molar-refractivity contribution in [3.05, 3.63) is 23.8 Å². The first-order chi connectivity index (χ1) is 9.06. The van der Waals surface area contributed by atoms with Gasteiger partial charge in [-0.15, -0.1) is 0 Å². The van der Waals surface area contributed by atoms with E-state index in [2.05, 4.69) is 26.8 Å². The van der Waals surface area contributed by atoms with Gasteiger partial charge in [0.05, 0.1) is 13.7 Å². The fourth-order valence-corrected chi connectivity index (χ4v) is 1.81. The summed E-state index contributed by atoms with van der Waals surface area (Å²) in [6.07, 6.45) is 2.90. The van der Waals surface area contributed by atoms with Crippen LogP contribution < -0.4 is 15.2 Å². The lowest BCUT2D eigenvalue weighted by Crippen LogP contribution is -2.21. The van der Waals surface area contributed by atoms with Crippen LogP contribution in [-0.4, -0.2) is 19.8 Å². The molecule has 1 rings (SSSR count). The first-order valence-corrected chi connectivity index (χ1v) is 7.12. The second-order valence-electron chi connectivity index (χ2n) is 5.39. The van der Waals surface area contributed by atoms with E-state index in [4.69, 9.17) is 15.2 Å². The van der Waals surface area contributed by atoms with Crippen LogP contribution in [0.25, 0.3) is 0 Å². The summed E-state index contributed by atoms with van der Waals surface area (Å²) in [6, 6.07) is 6.29. The molecule has 1 unspecified atom stereocenters. The van der Waals surface area contributed by atoms with Gasteiger partial charge in [-0.25, -0.2) is 0 Å². The topological polar surface area (TPSA) is 44.5 Å². The van der Waals surface area contributed by atoms with Gasteiger partial charge in [-0.1, -0.05) is 26.8 Å². The Bertz CT molecular complexity index is 377. The van der Waals surface area contributed by atoms with Crippen LogP contribution in [0.1, 0.15) is 39.2 Å². The summed E-state index contributed by atoms with van der Waals surface area (Å²) in [5.74, 6) is 2.26. The third-order valence-electron chi connectivity index (χ3n) is 3.20. The van der Waals surface area contributed by atoms with Crippen LogP contribution in [0.3, 0.4) is 0 Å². The minimum absolute atomic E-state index is 0.206. The molecule has 0 aromatic heterocycles.